The molecule has 8 heteroatoms. The van der Waals surface area contributed by atoms with E-state index < -0.39 is 5.91 Å². The van der Waals surface area contributed by atoms with E-state index in [1.807, 2.05) is 0 Å². The van der Waals surface area contributed by atoms with E-state index in [0.29, 0.717) is 27.4 Å². The zero-order chi connectivity index (χ0) is 19.0. The van der Waals surface area contributed by atoms with Crippen LogP contribution in [0.5, 0.6) is 5.75 Å². The van der Waals surface area contributed by atoms with Gasteiger partial charge in [0.15, 0.2) is 5.58 Å². The number of pyridine rings is 1. The first-order chi connectivity index (χ1) is 13.0. The lowest BCUT2D eigenvalue weighted by atomic mass is 10.1. The highest BCUT2D eigenvalue weighted by atomic mass is 35.5. The van der Waals surface area contributed by atoms with Crippen molar-refractivity contribution in [2.75, 3.05) is 5.32 Å². The maximum atomic E-state index is 12.4. The highest BCUT2D eigenvalue weighted by molar-refractivity contribution is 6.37. The lowest BCUT2D eigenvalue weighted by Crippen LogP contribution is -2.12. The van der Waals surface area contributed by atoms with Crippen LogP contribution >= 0.6 is 23.2 Å². The molecule has 6 nitrogen and oxygen atoms in total. The predicted molar refractivity (Wildman–Crippen MR) is 103 cm³/mol. The Kier molecular flexibility index (Phi) is 4.43. The molecule has 2 aromatic heterocycles. The number of oxazole rings is 1. The normalized spacial score (nSPS) is 10.9. The van der Waals surface area contributed by atoms with E-state index in [0.717, 1.165) is 0 Å². The van der Waals surface area contributed by atoms with E-state index in [2.05, 4.69) is 15.3 Å². The fourth-order valence-electron chi connectivity index (χ4n) is 2.56. The fourth-order valence-corrected chi connectivity index (χ4v) is 3.05. The van der Waals surface area contributed by atoms with Crippen molar-refractivity contribution in [2.45, 2.75) is 0 Å². The van der Waals surface area contributed by atoms with Crippen molar-refractivity contribution in [3.8, 4) is 17.2 Å². The minimum absolute atomic E-state index is 0.0884. The number of aromatic nitrogens is 2. The van der Waals surface area contributed by atoms with E-state index in [9.17, 15) is 9.90 Å². The molecule has 0 atom stereocenters. The zero-order valence-electron chi connectivity index (χ0n) is 13.6. The summed E-state index contributed by atoms with van der Waals surface area (Å²) in [5.74, 6) is -0.250. The number of carbonyl (C=O) groups is 1. The molecule has 0 unspecified atom stereocenters. The van der Waals surface area contributed by atoms with Crippen molar-refractivity contribution in [1.82, 2.24) is 9.97 Å². The predicted octanol–water partition coefficient (Wildman–Crippen LogP) is 5.15. The molecule has 4 rings (SSSR count). The van der Waals surface area contributed by atoms with E-state index >= 15 is 0 Å². The number of nitrogens with one attached hydrogen (secondary N) is 1. The number of carbonyl (C=O) groups excluding carboxylic acids is 1. The number of hydrogen-bond acceptors (Lipinski definition) is 5. The monoisotopic (exact) mass is 399 g/mol. The van der Waals surface area contributed by atoms with Crippen molar-refractivity contribution in [3.05, 3.63) is 70.5 Å². The average molecular weight is 400 g/mol. The SMILES string of the molecule is O=C(Nc1ccc(-c2nc3cnccc3o2)c(O)c1)c1ccc(Cl)cc1Cl. The third-order valence-electron chi connectivity index (χ3n) is 3.85. The molecule has 4 aromatic rings. The number of hydrogen-bond donors (Lipinski definition) is 2. The minimum Gasteiger partial charge on any atom is -0.507 e. The molecule has 2 heterocycles. The van der Waals surface area contributed by atoms with Gasteiger partial charge in [0.25, 0.3) is 5.91 Å². The molecule has 0 aliphatic heterocycles. The summed E-state index contributed by atoms with van der Waals surface area (Å²) >= 11 is 11.9. The molecular weight excluding hydrogens is 389 g/mol. The molecule has 0 fully saturated rings. The van der Waals surface area contributed by atoms with Crippen molar-refractivity contribution < 1.29 is 14.3 Å². The van der Waals surface area contributed by atoms with Crippen molar-refractivity contribution >= 4 is 45.9 Å². The largest absolute Gasteiger partial charge is 0.507 e. The number of halogens is 2. The Balaban J connectivity index is 1.60. The molecule has 0 spiro atoms. The van der Waals surface area contributed by atoms with Crippen LogP contribution in [0.15, 0.2) is 59.3 Å². The van der Waals surface area contributed by atoms with Crippen LogP contribution in [0.25, 0.3) is 22.6 Å². The van der Waals surface area contributed by atoms with E-state index in [4.69, 9.17) is 27.6 Å². The van der Waals surface area contributed by atoms with Crippen LogP contribution in [0.2, 0.25) is 10.0 Å². The van der Waals surface area contributed by atoms with Gasteiger partial charge in [0.1, 0.15) is 11.3 Å². The summed E-state index contributed by atoms with van der Waals surface area (Å²) in [6.45, 7) is 0. The van der Waals surface area contributed by atoms with Crippen molar-refractivity contribution in [1.29, 1.82) is 0 Å². The summed E-state index contributed by atoms with van der Waals surface area (Å²) in [5.41, 5.74) is 2.21. The van der Waals surface area contributed by atoms with E-state index in [1.54, 1.807) is 36.7 Å². The summed E-state index contributed by atoms with van der Waals surface area (Å²) in [7, 11) is 0. The summed E-state index contributed by atoms with van der Waals surface area (Å²) in [5, 5.41) is 13.7. The van der Waals surface area contributed by atoms with Crippen LogP contribution in [-0.2, 0) is 0 Å². The second-order valence-corrected chi connectivity index (χ2v) is 6.52. The molecule has 2 aromatic carbocycles. The summed E-state index contributed by atoms with van der Waals surface area (Å²) in [4.78, 5) is 20.6. The van der Waals surface area contributed by atoms with E-state index in [-0.39, 0.29) is 22.2 Å². The second-order valence-electron chi connectivity index (χ2n) is 5.67. The zero-order valence-corrected chi connectivity index (χ0v) is 15.1. The van der Waals surface area contributed by atoms with Gasteiger partial charge in [0.05, 0.1) is 22.3 Å². The number of aromatic hydroxyl groups is 1. The summed E-state index contributed by atoms with van der Waals surface area (Å²) < 4.78 is 5.62. The molecular formula is C19H11Cl2N3O3. The maximum absolute atomic E-state index is 12.4. The quantitative estimate of drug-likeness (QED) is 0.496. The third kappa shape index (κ3) is 3.45. The van der Waals surface area contributed by atoms with Crippen LogP contribution < -0.4 is 5.32 Å². The van der Waals surface area contributed by atoms with Gasteiger partial charge >= 0.3 is 0 Å². The first kappa shape index (κ1) is 17.3. The number of rotatable bonds is 3. The maximum Gasteiger partial charge on any atom is 0.257 e. The van der Waals surface area contributed by atoms with Gasteiger partial charge in [-0.15, -0.1) is 0 Å². The van der Waals surface area contributed by atoms with Crippen LogP contribution in [0.3, 0.4) is 0 Å². The molecule has 0 radical (unpaired) electrons. The lowest BCUT2D eigenvalue weighted by Gasteiger charge is -2.08. The number of benzene rings is 2. The van der Waals surface area contributed by atoms with Gasteiger partial charge in [-0.05, 0) is 30.3 Å². The number of amides is 1. The standard InChI is InChI=1S/C19H11Cl2N3O3/c20-10-1-3-12(14(21)7-10)18(26)23-11-2-4-13(16(25)8-11)19-24-15-9-22-6-5-17(15)27-19/h1-9,25H,(H,23,26). The number of fused-ring (bicyclic) bond motifs is 1. The van der Waals surface area contributed by atoms with Crippen LogP contribution in [0.1, 0.15) is 10.4 Å². The fraction of sp³-hybridized carbons (Fsp3) is 0. The smallest absolute Gasteiger partial charge is 0.257 e. The Hall–Kier alpha value is -3.09. The Bertz CT molecular complexity index is 1140. The highest BCUT2D eigenvalue weighted by Crippen LogP contribution is 2.33. The van der Waals surface area contributed by atoms with Gasteiger partial charge in [-0.1, -0.05) is 23.2 Å². The molecule has 0 aliphatic carbocycles. The Morgan fingerprint density at radius 3 is 2.70 bits per heavy atom. The summed E-state index contributed by atoms with van der Waals surface area (Å²) in [6, 6.07) is 10.9. The average Bonchev–Trinajstić information content (AvgIpc) is 3.05. The van der Waals surface area contributed by atoms with Gasteiger partial charge in [-0.25, -0.2) is 4.98 Å². The molecule has 0 saturated carbocycles. The van der Waals surface area contributed by atoms with Gasteiger partial charge in [0.2, 0.25) is 5.89 Å². The Morgan fingerprint density at radius 1 is 1.11 bits per heavy atom. The van der Waals surface area contributed by atoms with Crippen molar-refractivity contribution in [2.24, 2.45) is 0 Å². The minimum atomic E-state index is -0.420. The first-order valence-electron chi connectivity index (χ1n) is 7.81. The lowest BCUT2D eigenvalue weighted by molar-refractivity contribution is 0.102. The molecule has 1 amide bonds. The van der Waals surface area contributed by atoms with E-state index in [1.165, 1.54) is 18.2 Å². The van der Waals surface area contributed by atoms with Crippen molar-refractivity contribution in [3.63, 3.8) is 0 Å². The van der Waals surface area contributed by atoms with Gasteiger partial charge in [-0.3, -0.25) is 9.78 Å². The molecule has 0 saturated heterocycles. The molecule has 0 bridgehead atoms. The highest BCUT2D eigenvalue weighted by Gasteiger charge is 2.15. The number of anilines is 1. The molecule has 2 N–H and O–H groups in total. The van der Waals surface area contributed by atoms with Gasteiger partial charge < -0.3 is 14.8 Å². The van der Waals surface area contributed by atoms with Crippen LogP contribution in [-0.4, -0.2) is 21.0 Å². The summed E-state index contributed by atoms with van der Waals surface area (Å²) in [6.07, 6.45) is 3.17. The Labute approximate surface area is 163 Å². The first-order valence-corrected chi connectivity index (χ1v) is 8.57. The second kappa shape index (κ2) is 6.90. The number of phenols is 1. The van der Waals surface area contributed by atoms with Crippen LogP contribution in [0, 0.1) is 0 Å². The Morgan fingerprint density at radius 2 is 1.96 bits per heavy atom. The third-order valence-corrected chi connectivity index (χ3v) is 4.40. The number of phenolic OH excluding ortho intramolecular Hbond substituents is 1. The van der Waals surface area contributed by atoms with Crippen LogP contribution in [0.4, 0.5) is 5.69 Å². The van der Waals surface area contributed by atoms with Gasteiger partial charge in [0, 0.05) is 29.0 Å². The van der Waals surface area contributed by atoms with Gasteiger partial charge in [-0.2, -0.15) is 0 Å². The molecule has 134 valence electrons. The topological polar surface area (TPSA) is 88.3 Å². The molecule has 27 heavy (non-hydrogen) atoms. The molecule has 0 aliphatic rings. The number of nitrogens with zero attached hydrogens (tertiary/aromatic N) is 2.